The van der Waals surface area contributed by atoms with Gasteiger partial charge in [-0.3, -0.25) is 0 Å². The third-order valence-corrected chi connectivity index (χ3v) is 4.31. The van der Waals surface area contributed by atoms with Gasteiger partial charge in [0.2, 0.25) is 10.0 Å². The molecule has 5 heteroatoms. The number of aryl methyl sites for hydroxylation is 1. The maximum Gasteiger partial charge on any atom is 0.238 e. The molecule has 0 fully saturated rings. The molecule has 0 unspecified atom stereocenters. The number of benzene rings is 1. The molecule has 0 saturated heterocycles. The van der Waals surface area contributed by atoms with E-state index in [0.29, 0.717) is 0 Å². The largest absolute Gasteiger partial charge is 0.238 e. The first-order valence-electron chi connectivity index (χ1n) is 4.36. The minimum atomic E-state index is -3.55. The van der Waals surface area contributed by atoms with Crippen molar-refractivity contribution in [1.82, 2.24) is 0 Å². The molecular formula is C9H11NO2S2. The highest BCUT2D eigenvalue weighted by atomic mass is 32.2. The third-order valence-electron chi connectivity index (χ3n) is 2.22. The summed E-state index contributed by atoms with van der Waals surface area (Å²) in [7, 11) is -3.55. The minimum absolute atomic E-state index is 0.214. The topological polar surface area (TPSA) is 60.2 Å². The molecule has 76 valence electrons. The fourth-order valence-corrected chi connectivity index (χ4v) is 3.19. The lowest BCUT2D eigenvalue weighted by atomic mass is 10.1. The fourth-order valence-electron chi connectivity index (χ4n) is 1.50. The minimum Gasteiger partial charge on any atom is -0.225 e. The van der Waals surface area contributed by atoms with E-state index in [-0.39, 0.29) is 4.90 Å². The summed E-state index contributed by atoms with van der Waals surface area (Å²) >= 11 is 1.70. The van der Waals surface area contributed by atoms with Crippen molar-refractivity contribution in [1.29, 1.82) is 0 Å². The summed E-state index contributed by atoms with van der Waals surface area (Å²) in [6, 6.07) is 5.12. The zero-order valence-electron chi connectivity index (χ0n) is 7.56. The summed E-state index contributed by atoms with van der Waals surface area (Å²) < 4.78 is 22.2. The van der Waals surface area contributed by atoms with E-state index in [1.165, 1.54) is 5.56 Å². The van der Waals surface area contributed by atoms with Gasteiger partial charge in [0.25, 0.3) is 0 Å². The molecule has 1 aromatic carbocycles. The summed E-state index contributed by atoms with van der Waals surface area (Å²) in [5.74, 6) is 1.06. The fraction of sp³-hybridized carbons (Fsp3) is 0.333. The molecule has 2 rings (SSSR count). The maximum atomic E-state index is 11.1. The van der Waals surface area contributed by atoms with E-state index < -0.39 is 10.0 Å². The van der Waals surface area contributed by atoms with Gasteiger partial charge >= 0.3 is 0 Å². The van der Waals surface area contributed by atoms with E-state index in [4.69, 9.17) is 5.14 Å². The van der Waals surface area contributed by atoms with Gasteiger partial charge in [-0.2, -0.15) is 0 Å². The van der Waals surface area contributed by atoms with Gasteiger partial charge in [0.1, 0.15) is 0 Å². The number of rotatable bonds is 1. The van der Waals surface area contributed by atoms with Gasteiger partial charge < -0.3 is 0 Å². The van der Waals surface area contributed by atoms with Crippen molar-refractivity contribution in [3.05, 3.63) is 23.8 Å². The Morgan fingerprint density at radius 1 is 1.36 bits per heavy atom. The highest BCUT2D eigenvalue weighted by molar-refractivity contribution is 7.99. The number of thioether (sulfide) groups is 1. The van der Waals surface area contributed by atoms with Crippen molar-refractivity contribution >= 4 is 21.8 Å². The third kappa shape index (κ3) is 1.94. The molecule has 1 aromatic rings. The number of fused-ring (bicyclic) bond motifs is 1. The van der Waals surface area contributed by atoms with Crippen LogP contribution in [0.15, 0.2) is 28.0 Å². The molecule has 1 aliphatic heterocycles. The lowest BCUT2D eigenvalue weighted by molar-refractivity contribution is 0.597. The number of primary sulfonamides is 1. The highest BCUT2D eigenvalue weighted by Gasteiger charge is 2.14. The van der Waals surface area contributed by atoms with E-state index in [0.717, 1.165) is 23.5 Å². The quantitative estimate of drug-likeness (QED) is 0.791. The Balaban J connectivity index is 2.49. The summed E-state index contributed by atoms with van der Waals surface area (Å²) in [4.78, 5) is 1.27. The van der Waals surface area contributed by atoms with Gasteiger partial charge in [0, 0.05) is 4.90 Å². The summed E-state index contributed by atoms with van der Waals surface area (Å²) in [5.41, 5.74) is 1.23. The zero-order chi connectivity index (χ0) is 10.2. The van der Waals surface area contributed by atoms with Crippen molar-refractivity contribution in [3.8, 4) is 0 Å². The van der Waals surface area contributed by atoms with E-state index >= 15 is 0 Å². The van der Waals surface area contributed by atoms with Crippen molar-refractivity contribution in [3.63, 3.8) is 0 Å². The molecule has 0 aromatic heterocycles. The van der Waals surface area contributed by atoms with Crippen molar-refractivity contribution in [2.24, 2.45) is 5.14 Å². The first kappa shape index (κ1) is 10.0. The monoisotopic (exact) mass is 229 g/mol. The summed E-state index contributed by atoms with van der Waals surface area (Å²) in [5, 5.41) is 5.05. The van der Waals surface area contributed by atoms with Crippen LogP contribution in [0.5, 0.6) is 0 Å². The van der Waals surface area contributed by atoms with E-state index in [1.54, 1.807) is 23.9 Å². The first-order valence-corrected chi connectivity index (χ1v) is 6.89. The number of hydrogen-bond donors (Lipinski definition) is 1. The van der Waals surface area contributed by atoms with Gasteiger partial charge in [-0.05, 0) is 36.3 Å². The van der Waals surface area contributed by atoms with Crippen LogP contribution >= 0.6 is 11.8 Å². The standard InChI is InChI=1S/C9H11NO2S2/c10-14(11,12)8-4-3-7-2-1-5-13-9(7)6-8/h3-4,6H,1-2,5H2,(H2,10,11,12). The van der Waals surface area contributed by atoms with Crippen LogP contribution in [-0.4, -0.2) is 14.2 Å². The first-order chi connectivity index (χ1) is 6.57. The summed E-state index contributed by atoms with van der Waals surface area (Å²) in [6.07, 6.45) is 2.19. The Morgan fingerprint density at radius 2 is 2.14 bits per heavy atom. The molecule has 3 nitrogen and oxygen atoms in total. The van der Waals surface area contributed by atoms with E-state index in [1.807, 2.05) is 6.07 Å². The second-order valence-corrected chi connectivity index (χ2v) is 5.96. The van der Waals surface area contributed by atoms with Gasteiger partial charge in [0.15, 0.2) is 0 Å². The smallest absolute Gasteiger partial charge is 0.225 e. The molecule has 0 spiro atoms. The predicted octanol–water partition coefficient (Wildman–Crippen LogP) is 1.37. The predicted molar refractivity (Wildman–Crippen MR) is 56.9 cm³/mol. The number of sulfonamides is 1. The zero-order valence-corrected chi connectivity index (χ0v) is 9.20. The lowest BCUT2D eigenvalue weighted by Gasteiger charge is -2.15. The Morgan fingerprint density at radius 3 is 2.86 bits per heavy atom. The van der Waals surface area contributed by atoms with Crippen molar-refractivity contribution in [2.75, 3.05) is 5.75 Å². The molecule has 0 aliphatic carbocycles. The highest BCUT2D eigenvalue weighted by Crippen LogP contribution is 2.31. The summed E-state index contributed by atoms with van der Waals surface area (Å²) in [6.45, 7) is 0. The average Bonchev–Trinajstić information content (AvgIpc) is 2.16. The second-order valence-electron chi connectivity index (χ2n) is 3.27. The van der Waals surface area contributed by atoms with Gasteiger partial charge in [-0.1, -0.05) is 6.07 Å². The normalized spacial score (nSPS) is 16.4. The van der Waals surface area contributed by atoms with Crippen molar-refractivity contribution in [2.45, 2.75) is 22.6 Å². The van der Waals surface area contributed by atoms with E-state index in [9.17, 15) is 8.42 Å². The Bertz CT molecular complexity index is 454. The number of nitrogens with two attached hydrogens (primary N) is 1. The van der Waals surface area contributed by atoms with Crippen LogP contribution in [0.25, 0.3) is 0 Å². The van der Waals surface area contributed by atoms with Crippen LogP contribution in [0.1, 0.15) is 12.0 Å². The lowest BCUT2D eigenvalue weighted by Crippen LogP contribution is -2.12. The average molecular weight is 229 g/mol. The van der Waals surface area contributed by atoms with Crippen LogP contribution in [0.4, 0.5) is 0 Å². The molecule has 0 bridgehead atoms. The van der Waals surface area contributed by atoms with Crippen LogP contribution in [0.2, 0.25) is 0 Å². The van der Waals surface area contributed by atoms with Crippen LogP contribution in [0, 0.1) is 0 Å². The molecule has 1 aliphatic rings. The SMILES string of the molecule is NS(=O)(=O)c1ccc2c(c1)SCCC2. The molecule has 0 radical (unpaired) electrons. The molecule has 2 N–H and O–H groups in total. The Labute approximate surface area is 87.7 Å². The molecule has 0 amide bonds. The van der Waals surface area contributed by atoms with Gasteiger partial charge in [-0.15, -0.1) is 11.8 Å². The molecule has 0 saturated carbocycles. The maximum absolute atomic E-state index is 11.1. The van der Waals surface area contributed by atoms with Gasteiger partial charge in [-0.25, -0.2) is 13.6 Å². The van der Waals surface area contributed by atoms with E-state index in [2.05, 4.69) is 0 Å². The number of hydrogen-bond acceptors (Lipinski definition) is 3. The van der Waals surface area contributed by atoms with Crippen molar-refractivity contribution < 1.29 is 8.42 Å². The van der Waals surface area contributed by atoms with Crippen LogP contribution < -0.4 is 5.14 Å². The Kier molecular flexibility index (Phi) is 2.55. The molecule has 1 heterocycles. The molecular weight excluding hydrogens is 218 g/mol. The Hall–Kier alpha value is -0.520. The second kappa shape index (κ2) is 3.56. The molecule has 14 heavy (non-hydrogen) atoms. The molecule has 0 atom stereocenters. The van der Waals surface area contributed by atoms with Crippen LogP contribution in [-0.2, 0) is 16.4 Å². The van der Waals surface area contributed by atoms with Crippen LogP contribution in [0.3, 0.4) is 0 Å². The van der Waals surface area contributed by atoms with Gasteiger partial charge in [0.05, 0.1) is 4.90 Å².